The average Bonchev–Trinajstić information content (AvgIpc) is 2.97. The molecule has 0 radical (unpaired) electrons. The van der Waals surface area contributed by atoms with Crippen LogP contribution in [0.2, 0.25) is 0 Å². The Hall–Kier alpha value is -1.21. The Balaban J connectivity index is 1.43. The first-order chi connectivity index (χ1) is 20.6. The Bertz CT molecular complexity index is 958. The standard InChI is InChI=1S/C25H42O19/c1-5-8(26)18(43-24-14(32)11(29)19(37-4)20(44-24)21(34)35)15(33)25(39-5)42-17-7(3)40-23(13(31)10(17)28)41-16-6(2)38-22(36)12(30)9(16)27/h5-20,22-33,36H,1-4H3,(H,34,35)/t5-,6-,7-,8-,9-,10-,11+,12+,13+,14+,15+,16-,17-,18+,19-,20-,22?,23+,24+,25-/m0/s1. The number of hydrogen-bond acceptors (Lipinski definition) is 18. The molecular formula is C25H42O19. The van der Waals surface area contributed by atoms with Gasteiger partial charge in [-0.15, -0.1) is 0 Å². The normalized spacial score (nSPS) is 53.8. The largest absolute Gasteiger partial charge is 0.479 e. The van der Waals surface area contributed by atoms with E-state index in [0.717, 1.165) is 7.11 Å². The number of carboxylic acid groups (broad SMARTS) is 1. The molecule has 256 valence electrons. The van der Waals surface area contributed by atoms with E-state index >= 15 is 0 Å². The average molecular weight is 647 g/mol. The quantitative estimate of drug-likeness (QED) is 0.117. The summed E-state index contributed by atoms with van der Waals surface area (Å²) in [7, 11) is 1.11. The van der Waals surface area contributed by atoms with Gasteiger partial charge in [0.05, 0.1) is 18.3 Å². The number of carboxylic acids is 1. The number of hydrogen-bond donors (Lipinski definition) is 10. The van der Waals surface area contributed by atoms with E-state index in [-0.39, 0.29) is 0 Å². The van der Waals surface area contributed by atoms with Gasteiger partial charge in [-0.25, -0.2) is 4.79 Å². The van der Waals surface area contributed by atoms with E-state index in [1.807, 2.05) is 0 Å². The van der Waals surface area contributed by atoms with E-state index in [1.54, 1.807) is 0 Å². The molecule has 44 heavy (non-hydrogen) atoms. The highest BCUT2D eigenvalue weighted by Gasteiger charge is 2.54. The van der Waals surface area contributed by atoms with Crippen molar-refractivity contribution in [2.24, 2.45) is 0 Å². The predicted molar refractivity (Wildman–Crippen MR) is 135 cm³/mol. The fraction of sp³-hybridized carbons (Fsp3) is 0.960. The van der Waals surface area contributed by atoms with Gasteiger partial charge in [-0.05, 0) is 20.8 Å². The van der Waals surface area contributed by atoms with Crippen molar-refractivity contribution in [2.75, 3.05) is 7.11 Å². The first-order valence-electron chi connectivity index (χ1n) is 14.0. The fourth-order valence-electron chi connectivity index (χ4n) is 5.66. The molecule has 1 unspecified atom stereocenters. The van der Waals surface area contributed by atoms with Crippen molar-refractivity contribution in [3.8, 4) is 0 Å². The van der Waals surface area contributed by atoms with Gasteiger partial charge in [0.25, 0.3) is 0 Å². The Labute approximate surface area is 250 Å². The van der Waals surface area contributed by atoms with E-state index < -0.39 is 129 Å². The molecule has 19 nitrogen and oxygen atoms in total. The van der Waals surface area contributed by atoms with Gasteiger partial charge < -0.3 is 89.0 Å². The number of aliphatic hydroxyl groups excluding tert-OH is 9. The first-order valence-corrected chi connectivity index (χ1v) is 14.0. The SMILES string of the molecule is CO[C@H]1[C@H](O)[C@@H](O)[C@H](O[C@@H]2[C@@H](O)[C@H](C)O[C@@H](O[C@@H]3[C@@H](O)[C@@H](O)[C@@H](O[C@@H]4[C@@H](O)[C@@H](O)C(O)O[C@H]4C)O[C@H]3C)[C@@H]2O)O[C@@H]1C(=O)O. The minimum atomic E-state index is -1.86. The van der Waals surface area contributed by atoms with Crippen molar-refractivity contribution in [3.63, 3.8) is 0 Å². The molecule has 4 saturated heterocycles. The highest BCUT2D eigenvalue weighted by Crippen LogP contribution is 2.34. The fourth-order valence-corrected chi connectivity index (χ4v) is 5.66. The second-order valence-electron chi connectivity index (χ2n) is 11.3. The van der Waals surface area contributed by atoms with Gasteiger partial charge in [-0.2, -0.15) is 0 Å². The molecule has 0 aliphatic carbocycles. The number of carbonyl (C=O) groups is 1. The second kappa shape index (κ2) is 14.3. The maximum atomic E-state index is 11.7. The summed E-state index contributed by atoms with van der Waals surface area (Å²) in [6.45, 7) is 4.26. The van der Waals surface area contributed by atoms with Crippen LogP contribution in [0.4, 0.5) is 0 Å². The van der Waals surface area contributed by atoms with Crippen LogP contribution in [0, 0.1) is 0 Å². The third-order valence-electron chi connectivity index (χ3n) is 8.29. The number of aliphatic hydroxyl groups is 9. The van der Waals surface area contributed by atoms with Gasteiger partial charge in [0.1, 0.15) is 73.2 Å². The lowest BCUT2D eigenvalue weighted by Crippen LogP contribution is -2.66. The Morgan fingerprint density at radius 3 is 1.48 bits per heavy atom. The zero-order valence-electron chi connectivity index (χ0n) is 24.2. The molecule has 0 amide bonds. The van der Waals surface area contributed by atoms with Crippen molar-refractivity contribution in [1.29, 1.82) is 0 Å². The van der Waals surface area contributed by atoms with Crippen LogP contribution in [0.1, 0.15) is 20.8 Å². The van der Waals surface area contributed by atoms with Crippen molar-refractivity contribution < 1.29 is 93.8 Å². The van der Waals surface area contributed by atoms with Gasteiger partial charge >= 0.3 is 5.97 Å². The minimum Gasteiger partial charge on any atom is -0.479 e. The van der Waals surface area contributed by atoms with Gasteiger partial charge in [0.2, 0.25) is 0 Å². The van der Waals surface area contributed by atoms with Crippen LogP contribution in [0.25, 0.3) is 0 Å². The van der Waals surface area contributed by atoms with E-state index in [9.17, 15) is 55.9 Å². The van der Waals surface area contributed by atoms with E-state index in [1.165, 1.54) is 20.8 Å². The zero-order chi connectivity index (χ0) is 32.8. The Morgan fingerprint density at radius 2 is 0.932 bits per heavy atom. The van der Waals surface area contributed by atoms with Gasteiger partial charge in [0.15, 0.2) is 31.3 Å². The summed E-state index contributed by atoms with van der Waals surface area (Å²) in [6, 6.07) is 0. The molecule has 20 atom stereocenters. The van der Waals surface area contributed by atoms with Crippen molar-refractivity contribution >= 4 is 5.97 Å². The summed E-state index contributed by atoms with van der Waals surface area (Å²) in [4.78, 5) is 11.7. The number of ether oxygens (including phenoxy) is 8. The maximum absolute atomic E-state index is 11.7. The predicted octanol–water partition coefficient (Wildman–Crippen LogP) is -5.92. The highest BCUT2D eigenvalue weighted by molar-refractivity contribution is 5.73. The van der Waals surface area contributed by atoms with Crippen molar-refractivity contribution in [2.45, 2.75) is 144 Å². The summed E-state index contributed by atoms with van der Waals surface area (Å²) in [5, 5.41) is 104. The maximum Gasteiger partial charge on any atom is 0.335 e. The Morgan fingerprint density at radius 1 is 0.500 bits per heavy atom. The molecule has 4 heterocycles. The van der Waals surface area contributed by atoms with E-state index in [4.69, 9.17) is 37.9 Å². The summed E-state index contributed by atoms with van der Waals surface area (Å²) in [5.74, 6) is -1.53. The van der Waals surface area contributed by atoms with Crippen LogP contribution in [-0.2, 0) is 42.7 Å². The van der Waals surface area contributed by atoms with Crippen LogP contribution < -0.4 is 0 Å². The molecule has 10 N–H and O–H groups in total. The summed E-state index contributed by atoms with van der Waals surface area (Å²) >= 11 is 0. The minimum absolute atomic E-state index is 0.949. The van der Waals surface area contributed by atoms with Gasteiger partial charge in [0, 0.05) is 7.11 Å². The lowest BCUT2D eigenvalue weighted by molar-refractivity contribution is -0.382. The van der Waals surface area contributed by atoms with Crippen molar-refractivity contribution in [3.05, 3.63) is 0 Å². The highest BCUT2D eigenvalue weighted by atomic mass is 16.8. The molecule has 4 fully saturated rings. The molecule has 0 saturated carbocycles. The van der Waals surface area contributed by atoms with E-state index in [2.05, 4.69) is 0 Å². The molecule has 0 spiro atoms. The number of aliphatic carboxylic acids is 1. The number of rotatable bonds is 8. The Kier molecular flexibility index (Phi) is 11.6. The summed E-state index contributed by atoms with van der Waals surface area (Å²) < 4.78 is 43.5. The molecule has 0 aromatic rings. The van der Waals surface area contributed by atoms with Gasteiger partial charge in [-0.3, -0.25) is 0 Å². The molecule has 0 bridgehead atoms. The second-order valence-corrected chi connectivity index (χ2v) is 11.3. The molecule has 4 rings (SSSR count). The molecule has 0 aromatic carbocycles. The number of methoxy groups -OCH3 is 1. The molecule has 4 aliphatic rings. The zero-order valence-corrected chi connectivity index (χ0v) is 24.2. The summed E-state index contributed by atoms with van der Waals surface area (Å²) in [6.07, 6.45) is -31.3. The topological polar surface area (TPSA) is 293 Å². The van der Waals surface area contributed by atoms with Crippen molar-refractivity contribution in [1.82, 2.24) is 0 Å². The first kappa shape index (κ1) is 35.6. The third-order valence-corrected chi connectivity index (χ3v) is 8.29. The van der Waals surface area contributed by atoms with Crippen LogP contribution in [0.3, 0.4) is 0 Å². The monoisotopic (exact) mass is 646 g/mol. The molecular weight excluding hydrogens is 604 g/mol. The molecule has 0 aromatic heterocycles. The van der Waals surface area contributed by atoms with E-state index in [0.29, 0.717) is 0 Å². The van der Waals surface area contributed by atoms with Crippen LogP contribution in [0.15, 0.2) is 0 Å². The van der Waals surface area contributed by atoms with Crippen LogP contribution in [0.5, 0.6) is 0 Å². The lowest BCUT2D eigenvalue weighted by atomic mass is 9.96. The van der Waals surface area contributed by atoms with Crippen LogP contribution >= 0.6 is 0 Å². The van der Waals surface area contributed by atoms with Crippen LogP contribution in [-0.4, -0.2) is 187 Å². The smallest absolute Gasteiger partial charge is 0.335 e. The molecule has 19 heteroatoms. The molecule has 4 aliphatic heterocycles. The summed E-state index contributed by atoms with van der Waals surface area (Å²) in [5.41, 5.74) is 0. The third kappa shape index (κ3) is 6.89. The van der Waals surface area contributed by atoms with Gasteiger partial charge in [-0.1, -0.05) is 0 Å². The lowest BCUT2D eigenvalue weighted by Gasteiger charge is -2.48.